The van der Waals surface area contributed by atoms with Crippen LogP contribution in [0.15, 0.2) is 36.4 Å². The summed E-state index contributed by atoms with van der Waals surface area (Å²) in [5.41, 5.74) is 3.39. The first-order valence-corrected chi connectivity index (χ1v) is 6.66. The van der Waals surface area contributed by atoms with Crippen molar-refractivity contribution in [3.63, 3.8) is 0 Å². The molecule has 2 aliphatic carbocycles. The van der Waals surface area contributed by atoms with Gasteiger partial charge in [-0.2, -0.15) is 0 Å². The van der Waals surface area contributed by atoms with Gasteiger partial charge in [0.2, 0.25) is 0 Å². The van der Waals surface area contributed by atoms with E-state index >= 15 is 0 Å². The average Bonchev–Trinajstić information content (AvgIpc) is 2.86. The van der Waals surface area contributed by atoms with Gasteiger partial charge in [0, 0.05) is 12.1 Å². The molecule has 1 heteroatoms. The largest absolute Gasteiger partial charge is 0.306 e. The number of rotatable bonds is 2. The maximum Gasteiger partial charge on any atom is 0.0380 e. The molecule has 1 atom stereocenters. The summed E-state index contributed by atoms with van der Waals surface area (Å²) >= 11 is 0. The Morgan fingerprint density at radius 1 is 1.12 bits per heavy atom. The van der Waals surface area contributed by atoms with Crippen LogP contribution < -0.4 is 5.32 Å². The van der Waals surface area contributed by atoms with Crippen LogP contribution in [-0.4, -0.2) is 6.04 Å². The molecule has 90 valence electrons. The maximum atomic E-state index is 3.86. The Kier molecular flexibility index (Phi) is 2.59. The van der Waals surface area contributed by atoms with Crippen molar-refractivity contribution >= 4 is 0 Å². The number of hydrogen-bond acceptors (Lipinski definition) is 1. The van der Waals surface area contributed by atoms with Crippen LogP contribution in [0.2, 0.25) is 0 Å². The molecule has 0 bridgehead atoms. The molecule has 0 radical (unpaired) electrons. The molecule has 3 rings (SSSR count). The smallest absolute Gasteiger partial charge is 0.0380 e. The van der Waals surface area contributed by atoms with Gasteiger partial charge in [-0.3, -0.25) is 0 Å². The van der Waals surface area contributed by atoms with E-state index < -0.39 is 0 Å². The lowest BCUT2D eigenvalue weighted by molar-refractivity contribution is 0.249. The molecule has 0 fully saturated rings. The van der Waals surface area contributed by atoms with E-state index in [1.807, 2.05) is 0 Å². The van der Waals surface area contributed by atoms with Crippen LogP contribution in [0.4, 0.5) is 0 Å². The molecule has 0 saturated carbocycles. The molecule has 2 aliphatic rings. The molecule has 0 aliphatic heterocycles. The second-order valence-electron chi connectivity index (χ2n) is 6.10. The lowest BCUT2D eigenvalue weighted by Crippen LogP contribution is -2.37. The van der Waals surface area contributed by atoms with Gasteiger partial charge in [-0.15, -0.1) is 0 Å². The highest BCUT2D eigenvalue weighted by Crippen LogP contribution is 2.45. The number of fused-ring (bicyclic) bond motifs is 1. The first kappa shape index (κ1) is 11.0. The van der Waals surface area contributed by atoms with Crippen LogP contribution in [0.25, 0.3) is 0 Å². The number of nitrogens with one attached hydrogen (secondary N) is 1. The molecule has 1 N–H and O–H groups in total. The third kappa shape index (κ3) is 1.93. The van der Waals surface area contributed by atoms with Crippen LogP contribution in [0.5, 0.6) is 0 Å². The Labute approximate surface area is 104 Å². The van der Waals surface area contributed by atoms with Gasteiger partial charge in [0.15, 0.2) is 0 Å². The first-order chi connectivity index (χ1) is 8.17. The molecule has 0 spiro atoms. The van der Waals surface area contributed by atoms with Crippen molar-refractivity contribution in [1.29, 1.82) is 0 Å². The molecule has 17 heavy (non-hydrogen) atoms. The van der Waals surface area contributed by atoms with Crippen molar-refractivity contribution in [2.24, 2.45) is 5.41 Å². The zero-order valence-corrected chi connectivity index (χ0v) is 10.7. The van der Waals surface area contributed by atoms with Gasteiger partial charge in [0.25, 0.3) is 0 Å². The second-order valence-corrected chi connectivity index (χ2v) is 6.10. The van der Waals surface area contributed by atoms with Crippen molar-refractivity contribution in [2.45, 2.75) is 45.2 Å². The van der Waals surface area contributed by atoms with Gasteiger partial charge in [0.05, 0.1) is 0 Å². The third-order valence-electron chi connectivity index (χ3n) is 4.20. The van der Waals surface area contributed by atoms with Crippen LogP contribution in [0.1, 0.15) is 43.9 Å². The summed E-state index contributed by atoms with van der Waals surface area (Å²) in [6.07, 6.45) is 8.17. The maximum absolute atomic E-state index is 3.86. The molecule has 0 heterocycles. The van der Waals surface area contributed by atoms with Crippen molar-refractivity contribution in [3.8, 4) is 0 Å². The van der Waals surface area contributed by atoms with Crippen LogP contribution >= 0.6 is 0 Å². The molecular formula is C16H21N. The van der Waals surface area contributed by atoms with Crippen molar-refractivity contribution in [3.05, 3.63) is 47.5 Å². The quantitative estimate of drug-likeness (QED) is 0.761. The molecule has 0 aromatic heterocycles. The SMILES string of the molecule is CC1(C)Cc2ccccc2C1NC1CC=CC1. The van der Waals surface area contributed by atoms with E-state index in [9.17, 15) is 0 Å². The number of hydrogen-bond donors (Lipinski definition) is 1. The van der Waals surface area contributed by atoms with Crippen molar-refractivity contribution in [1.82, 2.24) is 5.32 Å². The Hall–Kier alpha value is -1.08. The molecule has 1 aromatic rings. The second kappa shape index (κ2) is 3.99. The van der Waals surface area contributed by atoms with E-state index in [2.05, 4.69) is 55.6 Å². The first-order valence-electron chi connectivity index (χ1n) is 6.66. The van der Waals surface area contributed by atoms with E-state index in [1.54, 1.807) is 0 Å². The third-order valence-corrected chi connectivity index (χ3v) is 4.20. The van der Waals surface area contributed by atoms with Crippen LogP contribution in [0, 0.1) is 5.41 Å². The Morgan fingerprint density at radius 2 is 1.82 bits per heavy atom. The summed E-state index contributed by atoms with van der Waals surface area (Å²) in [6, 6.07) is 10.1. The lowest BCUT2D eigenvalue weighted by atomic mass is 9.85. The van der Waals surface area contributed by atoms with E-state index in [-0.39, 0.29) is 0 Å². The normalized spacial score (nSPS) is 26.4. The van der Waals surface area contributed by atoms with E-state index in [1.165, 1.54) is 30.4 Å². The highest BCUT2D eigenvalue weighted by molar-refractivity contribution is 5.37. The van der Waals surface area contributed by atoms with Crippen LogP contribution in [-0.2, 0) is 6.42 Å². The van der Waals surface area contributed by atoms with Gasteiger partial charge in [0.1, 0.15) is 0 Å². The van der Waals surface area contributed by atoms with Gasteiger partial charge in [-0.05, 0) is 35.8 Å². The fraction of sp³-hybridized carbons (Fsp3) is 0.500. The Balaban J connectivity index is 1.86. The zero-order chi connectivity index (χ0) is 11.9. The Bertz CT molecular complexity index is 437. The summed E-state index contributed by atoms with van der Waals surface area (Å²) < 4.78 is 0. The van der Waals surface area contributed by atoms with Crippen molar-refractivity contribution < 1.29 is 0 Å². The van der Waals surface area contributed by atoms with E-state index in [0.29, 0.717) is 17.5 Å². The summed E-state index contributed by atoms with van der Waals surface area (Å²) in [6.45, 7) is 4.76. The van der Waals surface area contributed by atoms with Gasteiger partial charge in [-0.1, -0.05) is 50.3 Å². The summed E-state index contributed by atoms with van der Waals surface area (Å²) in [7, 11) is 0. The predicted octanol–water partition coefficient (Wildman–Crippen LogP) is 3.62. The molecule has 1 aromatic carbocycles. The monoisotopic (exact) mass is 227 g/mol. The Morgan fingerprint density at radius 3 is 2.59 bits per heavy atom. The summed E-state index contributed by atoms with van der Waals surface area (Å²) in [5.74, 6) is 0. The molecule has 1 unspecified atom stereocenters. The lowest BCUT2D eigenvalue weighted by Gasteiger charge is -2.31. The minimum absolute atomic E-state index is 0.340. The minimum Gasteiger partial charge on any atom is -0.306 e. The summed E-state index contributed by atoms with van der Waals surface area (Å²) in [5, 5.41) is 3.86. The van der Waals surface area contributed by atoms with Gasteiger partial charge < -0.3 is 5.32 Å². The minimum atomic E-state index is 0.340. The van der Waals surface area contributed by atoms with Crippen LogP contribution in [0.3, 0.4) is 0 Å². The standard InChI is InChI=1S/C16H21N/c1-16(2)11-12-7-3-6-10-14(12)15(16)17-13-8-4-5-9-13/h3-7,10,13,15,17H,8-9,11H2,1-2H3. The number of benzene rings is 1. The predicted molar refractivity (Wildman–Crippen MR) is 72.0 cm³/mol. The fourth-order valence-electron chi connectivity index (χ4n) is 3.30. The fourth-order valence-corrected chi connectivity index (χ4v) is 3.30. The zero-order valence-electron chi connectivity index (χ0n) is 10.7. The van der Waals surface area contributed by atoms with E-state index in [4.69, 9.17) is 0 Å². The molecule has 1 nitrogen and oxygen atoms in total. The summed E-state index contributed by atoms with van der Waals surface area (Å²) in [4.78, 5) is 0. The van der Waals surface area contributed by atoms with Gasteiger partial charge >= 0.3 is 0 Å². The molecule has 0 saturated heterocycles. The van der Waals surface area contributed by atoms with Crippen molar-refractivity contribution in [2.75, 3.05) is 0 Å². The average molecular weight is 227 g/mol. The molecular weight excluding hydrogens is 206 g/mol. The van der Waals surface area contributed by atoms with E-state index in [0.717, 1.165) is 0 Å². The van der Waals surface area contributed by atoms with Gasteiger partial charge in [-0.25, -0.2) is 0 Å². The highest BCUT2D eigenvalue weighted by atomic mass is 15.0. The highest BCUT2D eigenvalue weighted by Gasteiger charge is 2.39. The topological polar surface area (TPSA) is 12.0 Å². The molecule has 0 amide bonds.